The van der Waals surface area contributed by atoms with E-state index in [1.807, 2.05) is 0 Å². The van der Waals surface area contributed by atoms with Crippen molar-refractivity contribution in [1.82, 2.24) is 0 Å². The summed E-state index contributed by atoms with van der Waals surface area (Å²) in [6.07, 6.45) is 1.28. The molecule has 19 heavy (non-hydrogen) atoms. The fourth-order valence-corrected chi connectivity index (χ4v) is 1.61. The minimum Gasteiger partial charge on any atom is -0.497 e. The van der Waals surface area contributed by atoms with Crippen LogP contribution in [-0.2, 0) is 6.54 Å². The number of ether oxygens (including phenoxy) is 1. The molecule has 2 aromatic rings. The quantitative estimate of drug-likeness (QED) is 0.869. The van der Waals surface area contributed by atoms with Crippen LogP contribution in [0, 0.1) is 5.82 Å². The molecular weight excluding hydrogens is 253 g/mol. The fraction of sp³-hybridized carbons (Fsp3) is 0.154. The Labute approximate surface area is 108 Å². The van der Waals surface area contributed by atoms with Gasteiger partial charge in [0.05, 0.1) is 25.6 Å². The first-order valence-corrected chi connectivity index (χ1v) is 5.49. The number of nitrogens with one attached hydrogen (secondary N) is 1. The summed E-state index contributed by atoms with van der Waals surface area (Å²) >= 11 is 0. The molecule has 2 rings (SSSR count). The van der Waals surface area contributed by atoms with Crippen molar-refractivity contribution in [2.75, 3.05) is 12.4 Å². The van der Waals surface area contributed by atoms with Gasteiger partial charge in [-0.05, 0) is 18.2 Å². The highest BCUT2D eigenvalue weighted by atomic mass is 19.1. The van der Waals surface area contributed by atoms with Crippen molar-refractivity contribution >= 4 is 11.7 Å². The predicted octanol–water partition coefficient (Wildman–Crippen LogP) is 2.74. The molecular formula is C13H12FNO4. The molecule has 0 bridgehead atoms. The van der Waals surface area contributed by atoms with Gasteiger partial charge in [0.25, 0.3) is 0 Å². The van der Waals surface area contributed by atoms with E-state index in [9.17, 15) is 9.18 Å². The largest absolute Gasteiger partial charge is 0.497 e. The molecule has 2 N–H and O–H groups in total. The molecule has 0 atom stereocenters. The lowest BCUT2D eigenvalue weighted by atomic mass is 10.2. The topological polar surface area (TPSA) is 71.7 Å². The first-order valence-electron chi connectivity index (χ1n) is 5.49. The van der Waals surface area contributed by atoms with Gasteiger partial charge in [0.2, 0.25) is 0 Å². The van der Waals surface area contributed by atoms with Gasteiger partial charge in [-0.2, -0.15) is 0 Å². The molecule has 0 radical (unpaired) electrons. The van der Waals surface area contributed by atoms with Gasteiger partial charge in [0, 0.05) is 6.07 Å². The second kappa shape index (κ2) is 5.43. The van der Waals surface area contributed by atoms with E-state index >= 15 is 0 Å². The lowest BCUT2D eigenvalue weighted by Gasteiger charge is -2.08. The lowest BCUT2D eigenvalue weighted by Crippen LogP contribution is -2.05. The molecule has 0 amide bonds. The minimum atomic E-state index is -1.09. The smallest absolute Gasteiger partial charge is 0.339 e. The Morgan fingerprint density at radius 3 is 2.95 bits per heavy atom. The molecule has 0 saturated carbocycles. The molecule has 0 aliphatic heterocycles. The Balaban J connectivity index is 2.14. The Bertz CT molecular complexity index is 594. The number of methoxy groups -OCH3 is 1. The van der Waals surface area contributed by atoms with E-state index in [1.165, 1.54) is 37.6 Å². The van der Waals surface area contributed by atoms with Crippen LogP contribution in [0.1, 0.15) is 16.1 Å². The van der Waals surface area contributed by atoms with E-state index in [0.29, 0.717) is 5.75 Å². The average molecular weight is 265 g/mol. The van der Waals surface area contributed by atoms with Crippen molar-refractivity contribution in [3.05, 3.63) is 47.7 Å². The maximum absolute atomic E-state index is 13.5. The van der Waals surface area contributed by atoms with Gasteiger partial charge in [-0.25, -0.2) is 9.18 Å². The Morgan fingerprint density at radius 2 is 2.26 bits per heavy atom. The predicted molar refractivity (Wildman–Crippen MR) is 65.9 cm³/mol. The lowest BCUT2D eigenvalue weighted by molar-refractivity contribution is 0.0694. The highest BCUT2D eigenvalue weighted by Gasteiger charge is 2.13. The number of hydrogen-bond acceptors (Lipinski definition) is 4. The van der Waals surface area contributed by atoms with Crippen molar-refractivity contribution in [1.29, 1.82) is 0 Å². The third kappa shape index (κ3) is 2.85. The van der Waals surface area contributed by atoms with Crippen molar-refractivity contribution in [2.45, 2.75) is 6.54 Å². The van der Waals surface area contributed by atoms with Gasteiger partial charge in [-0.3, -0.25) is 0 Å². The standard InChI is InChI=1S/C13H12FNO4/c1-18-8-2-3-10(14)11(6-8)15-7-12-9(13(16)17)4-5-19-12/h2-6,15H,7H2,1H3,(H,16,17). The number of furan rings is 1. The van der Waals surface area contributed by atoms with E-state index in [0.717, 1.165) is 0 Å². The van der Waals surface area contributed by atoms with Crippen molar-refractivity contribution < 1.29 is 23.4 Å². The third-order valence-corrected chi connectivity index (χ3v) is 2.59. The number of carboxylic acids is 1. The van der Waals surface area contributed by atoms with Crippen LogP contribution in [0.25, 0.3) is 0 Å². The van der Waals surface area contributed by atoms with Crippen LogP contribution in [-0.4, -0.2) is 18.2 Å². The molecule has 0 aliphatic carbocycles. The van der Waals surface area contributed by atoms with Crippen LogP contribution < -0.4 is 10.1 Å². The van der Waals surface area contributed by atoms with Crippen LogP contribution in [0.15, 0.2) is 34.9 Å². The zero-order valence-electron chi connectivity index (χ0n) is 10.1. The highest BCUT2D eigenvalue weighted by Crippen LogP contribution is 2.22. The number of aromatic carboxylic acids is 1. The van der Waals surface area contributed by atoms with Crippen LogP contribution >= 0.6 is 0 Å². The summed E-state index contributed by atoms with van der Waals surface area (Å²) in [7, 11) is 1.48. The SMILES string of the molecule is COc1ccc(F)c(NCc2occc2C(=O)O)c1. The van der Waals surface area contributed by atoms with Crippen molar-refractivity contribution in [3.63, 3.8) is 0 Å². The molecule has 6 heteroatoms. The average Bonchev–Trinajstić information content (AvgIpc) is 2.86. The first kappa shape index (κ1) is 12.9. The van der Waals surface area contributed by atoms with Gasteiger partial charge < -0.3 is 19.6 Å². The minimum absolute atomic E-state index is 0.0517. The molecule has 1 aromatic carbocycles. The van der Waals surface area contributed by atoms with E-state index in [-0.39, 0.29) is 23.6 Å². The zero-order valence-corrected chi connectivity index (χ0v) is 10.1. The highest BCUT2D eigenvalue weighted by molar-refractivity contribution is 5.88. The molecule has 0 aliphatic rings. The van der Waals surface area contributed by atoms with Crippen LogP contribution in [0.5, 0.6) is 5.75 Å². The second-order valence-corrected chi connectivity index (χ2v) is 3.76. The van der Waals surface area contributed by atoms with Gasteiger partial charge in [-0.15, -0.1) is 0 Å². The number of carbonyl (C=O) groups is 1. The summed E-state index contributed by atoms with van der Waals surface area (Å²) in [5.41, 5.74) is 0.267. The fourth-order valence-electron chi connectivity index (χ4n) is 1.61. The second-order valence-electron chi connectivity index (χ2n) is 3.76. The van der Waals surface area contributed by atoms with E-state index in [2.05, 4.69) is 5.32 Å². The van der Waals surface area contributed by atoms with Gasteiger partial charge in [-0.1, -0.05) is 0 Å². The number of rotatable bonds is 5. The summed E-state index contributed by atoms with van der Waals surface area (Å²) in [4.78, 5) is 10.9. The number of anilines is 1. The summed E-state index contributed by atoms with van der Waals surface area (Å²) < 4.78 is 23.6. The number of benzene rings is 1. The van der Waals surface area contributed by atoms with Crippen molar-refractivity contribution in [3.8, 4) is 5.75 Å². The summed E-state index contributed by atoms with van der Waals surface area (Å²) in [5.74, 6) is -0.808. The van der Waals surface area contributed by atoms with Crippen LogP contribution in [0.3, 0.4) is 0 Å². The number of halogens is 1. The molecule has 0 spiro atoms. The maximum atomic E-state index is 13.5. The van der Waals surface area contributed by atoms with Crippen LogP contribution in [0.4, 0.5) is 10.1 Å². The van der Waals surface area contributed by atoms with Gasteiger partial charge in [0.1, 0.15) is 22.9 Å². The Hall–Kier alpha value is -2.50. The van der Waals surface area contributed by atoms with E-state index < -0.39 is 11.8 Å². The summed E-state index contributed by atoms with van der Waals surface area (Å²) in [5, 5.41) is 11.7. The Kier molecular flexibility index (Phi) is 3.70. The molecule has 100 valence electrons. The molecule has 1 aromatic heterocycles. The van der Waals surface area contributed by atoms with E-state index in [4.69, 9.17) is 14.3 Å². The molecule has 0 fully saturated rings. The molecule has 0 saturated heterocycles. The third-order valence-electron chi connectivity index (χ3n) is 2.59. The summed E-state index contributed by atoms with van der Waals surface area (Å²) in [6, 6.07) is 5.59. The Morgan fingerprint density at radius 1 is 1.47 bits per heavy atom. The maximum Gasteiger partial charge on any atom is 0.339 e. The van der Waals surface area contributed by atoms with Crippen LogP contribution in [0.2, 0.25) is 0 Å². The molecule has 0 unspecified atom stereocenters. The number of carboxylic acid groups (broad SMARTS) is 1. The summed E-state index contributed by atoms with van der Waals surface area (Å²) in [6.45, 7) is 0.0682. The molecule has 1 heterocycles. The number of hydrogen-bond donors (Lipinski definition) is 2. The molecule has 5 nitrogen and oxygen atoms in total. The monoisotopic (exact) mass is 265 g/mol. The normalized spacial score (nSPS) is 10.2. The van der Waals surface area contributed by atoms with E-state index in [1.54, 1.807) is 0 Å². The zero-order chi connectivity index (χ0) is 13.8. The van der Waals surface area contributed by atoms with Gasteiger partial charge >= 0.3 is 5.97 Å². The van der Waals surface area contributed by atoms with Gasteiger partial charge in [0.15, 0.2) is 0 Å². The first-order chi connectivity index (χ1) is 9.11. The van der Waals surface area contributed by atoms with Crippen molar-refractivity contribution in [2.24, 2.45) is 0 Å².